The molecule has 1 aliphatic heterocycles. The minimum atomic E-state index is -1.01. The second-order valence-corrected chi connectivity index (χ2v) is 9.69. The van der Waals surface area contributed by atoms with Crippen LogP contribution in [0.1, 0.15) is 20.8 Å². The number of benzene rings is 1. The van der Waals surface area contributed by atoms with E-state index in [1.54, 1.807) is 23.7 Å². The molecule has 0 bridgehead atoms. The third kappa shape index (κ3) is 5.51. The second-order valence-electron chi connectivity index (χ2n) is 7.68. The first kappa shape index (κ1) is 24.0. The maximum absolute atomic E-state index is 11.9. The van der Waals surface area contributed by atoms with Crippen LogP contribution in [0, 0.1) is 0 Å². The first-order valence-electron chi connectivity index (χ1n) is 10.5. The summed E-state index contributed by atoms with van der Waals surface area (Å²) in [6.45, 7) is 3.77. The number of aromatic nitrogens is 1. The first-order valence-corrected chi connectivity index (χ1v) is 12.5. The van der Waals surface area contributed by atoms with Gasteiger partial charge in [0.2, 0.25) is 0 Å². The number of ether oxygens (including phenoxy) is 4. The number of hydrogen-bond acceptors (Lipinski definition) is 10. The van der Waals surface area contributed by atoms with Crippen LogP contribution < -0.4 is 4.74 Å². The lowest BCUT2D eigenvalue weighted by molar-refractivity contribution is -0.186. The fourth-order valence-corrected chi connectivity index (χ4v) is 5.99. The highest BCUT2D eigenvalue weighted by Crippen LogP contribution is 2.38. The van der Waals surface area contributed by atoms with Crippen molar-refractivity contribution in [3.63, 3.8) is 0 Å². The fourth-order valence-electron chi connectivity index (χ4n) is 3.77. The Bertz CT molecular complexity index is 1210. The summed E-state index contributed by atoms with van der Waals surface area (Å²) >= 11 is 2.92. The molecule has 2 aromatic heterocycles. The highest BCUT2D eigenvalue weighted by molar-refractivity contribution is 7.99. The molecule has 4 rings (SSSR count). The van der Waals surface area contributed by atoms with Crippen LogP contribution in [0.4, 0.5) is 0 Å². The predicted octanol–water partition coefficient (Wildman–Crippen LogP) is 4.21. The molecule has 1 fully saturated rings. The summed E-state index contributed by atoms with van der Waals surface area (Å²) in [6, 6.07) is 9.97. The van der Waals surface area contributed by atoms with Gasteiger partial charge in [0.15, 0.2) is 23.7 Å². The van der Waals surface area contributed by atoms with Crippen molar-refractivity contribution < 1.29 is 33.3 Å². The molecule has 1 aromatic carbocycles. The third-order valence-electron chi connectivity index (χ3n) is 5.04. The second kappa shape index (κ2) is 10.4. The van der Waals surface area contributed by atoms with Gasteiger partial charge >= 0.3 is 17.9 Å². The monoisotopic (exact) mass is 501 g/mol. The summed E-state index contributed by atoms with van der Waals surface area (Å²) in [5.74, 6) is -0.918. The lowest BCUT2D eigenvalue weighted by atomic mass is 10.1. The zero-order chi connectivity index (χ0) is 24.2. The van der Waals surface area contributed by atoms with Crippen molar-refractivity contribution in [1.82, 2.24) is 4.98 Å². The summed E-state index contributed by atoms with van der Waals surface area (Å²) in [6.07, 6.45) is 0.562. The Morgan fingerprint density at radius 1 is 0.941 bits per heavy atom. The molecule has 1 saturated heterocycles. The number of rotatable bonds is 6. The summed E-state index contributed by atoms with van der Waals surface area (Å²) in [5, 5.41) is 4.35. The van der Waals surface area contributed by atoms with Gasteiger partial charge in [-0.3, -0.25) is 19.4 Å². The van der Waals surface area contributed by atoms with Crippen LogP contribution in [-0.4, -0.2) is 52.4 Å². The Morgan fingerprint density at radius 3 is 2.38 bits per heavy atom. The molecule has 0 amide bonds. The topological polar surface area (TPSA) is 101 Å². The van der Waals surface area contributed by atoms with Crippen LogP contribution in [0.25, 0.3) is 21.2 Å². The average molecular weight is 502 g/mol. The van der Waals surface area contributed by atoms with Crippen molar-refractivity contribution in [2.24, 2.45) is 0 Å². The van der Waals surface area contributed by atoms with Crippen molar-refractivity contribution >= 4 is 51.8 Å². The summed E-state index contributed by atoms with van der Waals surface area (Å²) in [7, 11) is 0. The van der Waals surface area contributed by atoms with Gasteiger partial charge in [0.05, 0.1) is 6.20 Å². The van der Waals surface area contributed by atoms with Crippen molar-refractivity contribution in [3.05, 3.63) is 48.1 Å². The van der Waals surface area contributed by atoms with E-state index in [4.69, 9.17) is 18.9 Å². The van der Waals surface area contributed by atoms with Gasteiger partial charge in [-0.25, -0.2) is 0 Å². The Labute approximate surface area is 204 Å². The lowest BCUT2D eigenvalue weighted by Crippen LogP contribution is -2.55. The maximum atomic E-state index is 11.9. The Hall–Kier alpha value is -3.11. The number of nitrogens with zero attached hydrogens (tertiary/aromatic N) is 1. The standard InChI is InChI=1S/C24H23NO7S2/c1-13(26)29-20-12-34-24(22(31-15(3)28)21(20)30-14(2)27)32-18-8-17(9-25-10-18)23-19-7-5-4-6-16(19)11-33-23/h4-11,20-22,24H,12H2,1-3H3/t20-,21+,22-,24-/m1/s1. The first-order chi connectivity index (χ1) is 16.3. The van der Waals surface area contributed by atoms with Gasteiger partial charge in [-0.05, 0) is 16.8 Å². The highest BCUT2D eigenvalue weighted by atomic mass is 32.2. The van der Waals surface area contributed by atoms with E-state index >= 15 is 0 Å². The molecule has 10 heteroatoms. The summed E-state index contributed by atoms with van der Waals surface area (Å²) in [5.41, 5.74) is 0.181. The normalized spacial score (nSPS) is 22.1. The minimum Gasteiger partial charge on any atom is -0.474 e. The predicted molar refractivity (Wildman–Crippen MR) is 129 cm³/mol. The zero-order valence-electron chi connectivity index (χ0n) is 18.8. The van der Waals surface area contributed by atoms with Gasteiger partial charge in [0.1, 0.15) is 5.75 Å². The maximum Gasteiger partial charge on any atom is 0.303 e. The van der Waals surface area contributed by atoms with Crippen molar-refractivity contribution in [2.75, 3.05) is 5.75 Å². The minimum absolute atomic E-state index is 0.294. The van der Waals surface area contributed by atoms with Crippen LogP contribution in [0.15, 0.2) is 48.1 Å². The molecule has 34 heavy (non-hydrogen) atoms. The van der Waals surface area contributed by atoms with Crippen LogP contribution in [-0.2, 0) is 28.6 Å². The molecule has 8 nitrogen and oxygen atoms in total. The summed E-state index contributed by atoms with van der Waals surface area (Å²) in [4.78, 5) is 40.6. The Kier molecular flexibility index (Phi) is 7.38. The van der Waals surface area contributed by atoms with E-state index in [2.05, 4.69) is 22.5 Å². The molecule has 0 aliphatic carbocycles. The zero-order valence-corrected chi connectivity index (χ0v) is 20.4. The van der Waals surface area contributed by atoms with E-state index in [1.807, 2.05) is 18.2 Å². The molecule has 0 unspecified atom stereocenters. The summed E-state index contributed by atoms with van der Waals surface area (Å²) < 4.78 is 22.4. The smallest absolute Gasteiger partial charge is 0.303 e. The van der Waals surface area contributed by atoms with Crippen LogP contribution >= 0.6 is 23.1 Å². The number of thiophene rings is 1. The quantitative estimate of drug-likeness (QED) is 0.363. The van der Waals surface area contributed by atoms with E-state index in [0.717, 1.165) is 21.2 Å². The largest absolute Gasteiger partial charge is 0.474 e. The Balaban J connectivity index is 1.61. The Morgan fingerprint density at radius 2 is 1.65 bits per heavy atom. The van der Waals surface area contributed by atoms with E-state index in [-0.39, 0.29) is 0 Å². The van der Waals surface area contributed by atoms with Gasteiger partial charge < -0.3 is 18.9 Å². The molecule has 0 N–H and O–H groups in total. The molecular weight excluding hydrogens is 478 g/mol. The molecular formula is C24H23NO7S2. The molecule has 0 radical (unpaired) electrons. The van der Waals surface area contributed by atoms with E-state index in [1.165, 1.54) is 32.5 Å². The molecule has 3 heterocycles. The molecule has 3 aromatic rings. The number of esters is 3. The van der Waals surface area contributed by atoms with E-state index < -0.39 is 41.7 Å². The number of pyridine rings is 1. The molecule has 1 aliphatic rings. The lowest BCUT2D eigenvalue weighted by Gasteiger charge is -2.39. The molecule has 178 valence electrons. The van der Waals surface area contributed by atoms with Crippen molar-refractivity contribution in [1.29, 1.82) is 0 Å². The van der Waals surface area contributed by atoms with Gasteiger partial charge in [0, 0.05) is 48.5 Å². The SMILES string of the molecule is CC(=O)O[C@@H]1[C@@H](OC(C)=O)[C@H](OC(C)=O)CS[C@H]1Oc1cncc(-c2scc3ccccc23)c1. The molecule has 0 spiro atoms. The van der Waals surface area contributed by atoms with Crippen LogP contribution in [0.5, 0.6) is 5.75 Å². The van der Waals surface area contributed by atoms with Crippen molar-refractivity contribution in [3.8, 4) is 16.2 Å². The van der Waals surface area contributed by atoms with E-state index in [9.17, 15) is 14.4 Å². The molecule has 0 saturated carbocycles. The number of carbonyl (C=O) groups is 3. The van der Waals surface area contributed by atoms with Gasteiger partial charge in [-0.2, -0.15) is 0 Å². The van der Waals surface area contributed by atoms with Gasteiger partial charge in [0.25, 0.3) is 0 Å². The van der Waals surface area contributed by atoms with Gasteiger partial charge in [-0.15, -0.1) is 23.1 Å². The molecule has 4 atom stereocenters. The average Bonchev–Trinajstić information content (AvgIpc) is 3.21. The number of fused-ring (bicyclic) bond motifs is 1. The van der Waals surface area contributed by atoms with Gasteiger partial charge in [-0.1, -0.05) is 24.3 Å². The van der Waals surface area contributed by atoms with Crippen molar-refractivity contribution in [2.45, 2.75) is 44.5 Å². The third-order valence-corrected chi connectivity index (χ3v) is 7.32. The fraction of sp³-hybridized carbons (Fsp3) is 0.333. The van der Waals surface area contributed by atoms with E-state index in [0.29, 0.717) is 11.5 Å². The van der Waals surface area contributed by atoms with Crippen LogP contribution in [0.3, 0.4) is 0 Å². The number of thioether (sulfide) groups is 1. The van der Waals surface area contributed by atoms with Crippen LogP contribution in [0.2, 0.25) is 0 Å². The highest BCUT2D eigenvalue weighted by Gasteiger charge is 2.47. The number of hydrogen-bond donors (Lipinski definition) is 0. The number of carbonyl (C=O) groups excluding carboxylic acids is 3.